The van der Waals surface area contributed by atoms with E-state index in [0.717, 1.165) is 17.0 Å². The molecule has 0 bridgehead atoms. The second-order valence-corrected chi connectivity index (χ2v) is 3.84. The molecule has 1 aromatic heterocycles. The van der Waals surface area contributed by atoms with Gasteiger partial charge in [-0.15, -0.1) is 0 Å². The molecule has 1 N–H and O–H groups in total. The zero-order valence-corrected chi connectivity index (χ0v) is 11.1. The van der Waals surface area contributed by atoms with E-state index < -0.39 is 0 Å². The molecule has 1 aromatic rings. The van der Waals surface area contributed by atoms with Crippen LogP contribution in [0.15, 0.2) is 4.52 Å². The molecule has 0 spiro atoms. The van der Waals surface area contributed by atoms with Gasteiger partial charge < -0.3 is 19.3 Å². The maximum Gasteiger partial charge on any atom is 0.332 e. The minimum atomic E-state index is -0.330. The third kappa shape index (κ3) is 4.85. The lowest BCUT2D eigenvalue weighted by molar-refractivity contribution is -0.148. The Kier molecular flexibility index (Phi) is 6.38. The fourth-order valence-corrected chi connectivity index (χ4v) is 1.47. The van der Waals surface area contributed by atoms with Crippen LogP contribution in [0.25, 0.3) is 0 Å². The van der Waals surface area contributed by atoms with Gasteiger partial charge in [-0.05, 0) is 20.8 Å². The number of carbonyl (C=O) groups is 1. The van der Waals surface area contributed by atoms with Crippen molar-refractivity contribution in [2.45, 2.75) is 27.3 Å². The number of rotatable bonds is 8. The molecule has 6 nitrogen and oxygen atoms in total. The summed E-state index contributed by atoms with van der Waals surface area (Å²) in [7, 11) is 0. The summed E-state index contributed by atoms with van der Waals surface area (Å²) in [4.78, 5) is 11.0. The first-order valence-electron chi connectivity index (χ1n) is 6.01. The van der Waals surface area contributed by atoms with Crippen molar-refractivity contribution in [3.05, 3.63) is 17.0 Å². The Bertz CT molecular complexity index is 357. The number of hydrogen-bond acceptors (Lipinski definition) is 6. The lowest BCUT2D eigenvalue weighted by atomic mass is 10.2. The molecular formula is C12H20N2O4. The van der Waals surface area contributed by atoms with Crippen LogP contribution in [0.1, 0.15) is 23.9 Å². The van der Waals surface area contributed by atoms with Crippen molar-refractivity contribution in [1.29, 1.82) is 0 Å². The van der Waals surface area contributed by atoms with E-state index in [4.69, 9.17) is 14.0 Å². The molecule has 6 heteroatoms. The lowest BCUT2D eigenvalue weighted by Crippen LogP contribution is -2.22. The van der Waals surface area contributed by atoms with Crippen LogP contribution < -0.4 is 5.32 Å². The molecule has 1 rings (SSSR count). The Balaban J connectivity index is 2.07. The quantitative estimate of drug-likeness (QED) is 0.551. The second-order valence-electron chi connectivity index (χ2n) is 3.84. The van der Waals surface area contributed by atoms with Crippen LogP contribution in [-0.2, 0) is 20.8 Å². The molecule has 0 aromatic carbocycles. The zero-order chi connectivity index (χ0) is 13.4. The van der Waals surface area contributed by atoms with Gasteiger partial charge in [0.25, 0.3) is 0 Å². The number of ether oxygens (including phenoxy) is 2. The van der Waals surface area contributed by atoms with Crippen molar-refractivity contribution >= 4 is 5.97 Å². The maximum absolute atomic E-state index is 11.0. The lowest BCUT2D eigenvalue weighted by Gasteiger charge is -2.05. The van der Waals surface area contributed by atoms with Gasteiger partial charge in [-0.25, -0.2) is 4.79 Å². The van der Waals surface area contributed by atoms with Crippen molar-refractivity contribution in [2.24, 2.45) is 0 Å². The van der Waals surface area contributed by atoms with Gasteiger partial charge in [0.05, 0.1) is 18.9 Å². The Hall–Kier alpha value is -1.40. The number of nitrogens with zero attached hydrogens (tertiary/aromatic N) is 1. The molecule has 1 heterocycles. The van der Waals surface area contributed by atoms with Crippen molar-refractivity contribution in [3.8, 4) is 0 Å². The van der Waals surface area contributed by atoms with Crippen molar-refractivity contribution in [3.63, 3.8) is 0 Å². The highest BCUT2D eigenvalue weighted by Crippen LogP contribution is 2.10. The number of aryl methyl sites for hydroxylation is 2. The summed E-state index contributed by atoms with van der Waals surface area (Å²) >= 11 is 0. The minimum absolute atomic E-state index is 0.000835. The molecule has 0 amide bonds. The van der Waals surface area contributed by atoms with E-state index in [2.05, 4.69) is 10.5 Å². The predicted octanol–water partition coefficient (Wildman–Crippen LogP) is 0.961. The standard InChI is InChI=1S/C12H20N2O4/c1-4-17-12(15)8-16-6-5-13-7-11-9(2)14-18-10(11)3/h13H,4-8H2,1-3H3. The van der Waals surface area contributed by atoms with E-state index in [0.29, 0.717) is 26.3 Å². The van der Waals surface area contributed by atoms with Gasteiger partial charge in [0.1, 0.15) is 12.4 Å². The molecule has 0 aliphatic carbocycles. The number of esters is 1. The molecule has 0 atom stereocenters. The van der Waals surface area contributed by atoms with Gasteiger partial charge in [0.15, 0.2) is 0 Å². The van der Waals surface area contributed by atoms with Crippen LogP contribution in [0.2, 0.25) is 0 Å². The zero-order valence-electron chi connectivity index (χ0n) is 11.1. The summed E-state index contributed by atoms with van der Waals surface area (Å²) in [5, 5.41) is 7.07. The highest BCUT2D eigenvalue weighted by Gasteiger charge is 2.07. The van der Waals surface area contributed by atoms with Gasteiger partial charge in [-0.1, -0.05) is 5.16 Å². The highest BCUT2D eigenvalue weighted by molar-refractivity contribution is 5.70. The molecule has 18 heavy (non-hydrogen) atoms. The normalized spacial score (nSPS) is 10.6. The van der Waals surface area contributed by atoms with E-state index >= 15 is 0 Å². The Morgan fingerprint density at radius 1 is 1.44 bits per heavy atom. The average Bonchev–Trinajstić information content (AvgIpc) is 2.65. The summed E-state index contributed by atoms with van der Waals surface area (Å²) in [6.07, 6.45) is 0. The fourth-order valence-electron chi connectivity index (χ4n) is 1.47. The summed E-state index contributed by atoms with van der Waals surface area (Å²) in [5.41, 5.74) is 1.97. The van der Waals surface area contributed by atoms with Gasteiger partial charge in [-0.2, -0.15) is 0 Å². The van der Waals surface area contributed by atoms with E-state index in [9.17, 15) is 4.79 Å². The molecule has 0 aliphatic heterocycles. The van der Waals surface area contributed by atoms with Crippen LogP contribution in [0.4, 0.5) is 0 Å². The van der Waals surface area contributed by atoms with Gasteiger partial charge in [0.2, 0.25) is 0 Å². The fraction of sp³-hybridized carbons (Fsp3) is 0.667. The molecule has 0 unspecified atom stereocenters. The third-order valence-electron chi connectivity index (χ3n) is 2.43. The van der Waals surface area contributed by atoms with E-state index in [1.54, 1.807) is 6.92 Å². The first-order chi connectivity index (χ1) is 8.65. The van der Waals surface area contributed by atoms with Crippen molar-refractivity contribution in [1.82, 2.24) is 10.5 Å². The number of nitrogens with one attached hydrogen (secondary N) is 1. The Morgan fingerprint density at radius 2 is 2.22 bits per heavy atom. The number of aromatic nitrogens is 1. The van der Waals surface area contributed by atoms with Gasteiger partial charge in [0, 0.05) is 18.7 Å². The van der Waals surface area contributed by atoms with Crippen molar-refractivity contribution in [2.75, 3.05) is 26.4 Å². The second kappa shape index (κ2) is 7.84. The van der Waals surface area contributed by atoms with Crippen LogP contribution in [0.5, 0.6) is 0 Å². The molecule has 0 saturated heterocycles. The monoisotopic (exact) mass is 256 g/mol. The summed E-state index contributed by atoms with van der Waals surface area (Å²) in [6.45, 7) is 7.74. The van der Waals surface area contributed by atoms with Gasteiger partial charge in [-0.3, -0.25) is 0 Å². The SMILES string of the molecule is CCOC(=O)COCCNCc1c(C)noc1C. The van der Waals surface area contributed by atoms with Crippen LogP contribution >= 0.6 is 0 Å². The molecular weight excluding hydrogens is 236 g/mol. The molecule has 102 valence electrons. The average molecular weight is 256 g/mol. The first-order valence-corrected chi connectivity index (χ1v) is 6.01. The van der Waals surface area contributed by atoms with E-state index in [-0.39, 0.29) is 12.6 Å². The smallest absolute Gasteiger partial charge is 0.332 e. The number of carbonyl (C=O) groups excluding carboxylic acids is 1. The van der Waals surface area contributed by atoms with Crippen LogP contribution in [0.3, 0.4) is 0 Å². The summed E-state index contributed by atoms with van der Waals surface area (Å²) in [6, 6.07) is 0. The molecule has 0 radical (unpaired) electrons. The predicted molar refractivity (Wildman–Crippen MR) is 65.1 cm³/mol. The number of hydrogen-bond donors (Lipinski definition) is 1. The topological polar surface area (TPSA) is 73.6 Å². The van der Waals surface area contributed by atoms with Crippen LogP contribution in [-0.4, -0.2) is 37.5 Å². The third-order valence-corrected chi connectivity index (χ3v) is 2.43. The Morgan fingerprint density at radius 3 is 2.83 bits per heavy atom. The summed E-state index contributed by atoms with van der Waals surface area (Å²) < 4.78 is 14.9. The summed E-state index contributed by atoms with van der Waals surface area (Å²) in [5.74, 6) is 0.496. The molecule has 0 saturated carbocycles. The van der Waals surface area contributed by atoms with E-state index in [1.807, 2.05) is 13.8 Å². The van der Waals surface area contributed by atoms with Crippen LogP contribution in [0, 0.1) is 13.8 Å². The molecule has 0 aliphatic rings. The van der Waals surface area contributed by atoms with E-state index in [1.165, 1.54) is 0 Å². The Labute approximate surface area is 107 Å². The highest BCUT2D eigenvalue weighted by atomic mass is 16.6. The maximum atomic E-state index is 11.0. The minimum Gasteiger partial charge on any atom is -0.464 e. The van der Waals surface area contributed by atoms with Crippen molar-refractivity contribution < 1.29 is 18.8 Å². The van der Waals surface area contributed by atoms with Gasteiger partial charge >= 0.3 is 5.97 Å². The molecule has 0 fully saturated rings. The first kappa shape index (κ1) is 14.7. The largest absolute Gasteiger partial charge is 0.464 e.